The van der Waals surface area contributed by atoms with Gasteiger partial charge in [0, 0.05) is 14.2 Å². The first-order valence-electron chi connectivity index (χ1n) is 4.35. The van der Waals surface area contributed by atoms with Crippen LogP contribution in [0, 0.1) is 11.3 Å². The lowest BCUT2D eigenvalue weighted by Crippen LogP contribution is -2.45. The molecule has 6 nitrogen and oxygen atoms in total. The monoisotopic (exact) mass is 236 g/mol. The number of rotatable bonds is 6. The average molecular weight is 236 g/mol. The highest BCUT2D eigenvalue weighted by molar-refractivity contribution is 7.90. The van der Waals surface area contributed by atoms with Gasteiger partial charge in [-0.05, 0) is 13.8 Å². The fourth-order valence-corrected chi connectivity index (χ4v) is 1.96. The van der Waals surface area contributed by atoms with Gasteiger partial charge in [0.15, 0.2) is 11.5 Å². The molecule has 0 aromatic carbocycles. The molecule has 0 aliphatic carbocycles. The van der Waals surface area contributed by atoms with Gasteiger partial charge in [0.05, 0.1) is 12.1 Å². The Balaban J connectivity index is 4.54. The van der Waals surface area contributed by atoms with E-state index in [1.165, 1.54) is 21.1 Å². The summed E-state index contributed by atoms with van der Waals surface area (Å²) in [5, 5.41) is 7.40. The van der Waals surface area contributed by atoms with Gasteiger partial charge in [-0.1, -0.05) is 0 Å². The van der Waals surface area contributed by atoms with Crippen LogP contribution in [0.3, 0.4) is 0 Å². The van der Waals surface area contributed by atoms with E-state index in [0.29, 0.717) is 0 Å². The van der Waals surface area contributed by atoms with Crippen molar-refractivity contribution in [1.29, 1.82) is 5.26 Å². The molecule has 15 heavy (non-hydrogen) atoms. The first-order valence-corrected chi connectivity index (χ1v) is 5.90. The highest BCUT2D eigenvalue weighted by Gasteiger charge is 2.26. The molecule has 0 spiro atoms. The van der Waals surface area contributed by atoms with E-state index >= 15 is 0 Å². The second-order valence-corrected chi connectivity index (χ2v) is 5.10. The Bertz CT molecular complexity index is 318. The van der Waals surface area contributed by atoms with Crippen LogP contribution in [0.15, 0.2) is 0 Å². The van der Waals surface area contributed by atoms with Crippen molar-refractivity contribution in [3.8, 4) is 6.07 Å². The van der Waals surface area contributed by atoms with Gasteiger partial charge < -0.3 is 9.47 Å². The average Bonchev–Trinajstić information content (AvgIpc) is 2.17. The Morgan fingerprint density at radius 3 is 2.07 bits per heavy atom. The molecule has 0 fully saturated rings. The molecule has 0 bridgehead atoms. The first-order chi connectivity index (χ1) is 6.88. The summed E-state index contributed by atoms with van der Waals surface area (Å²) in [6.45, 7) is 2.91. The third-order valence-electron chi connectivity index (χ3n) is 1.87. The number of methoxy groups -OCH3 is 2. The van der Waals surface area contributed by atoms with E-state index in [2.05, 4.69) is 4.72 Å². The zero-order chi connectivity index (χ0) is 12.1. The Hall–Kier alpha value is -0.680. The maximum Gasteiger partial charge on any atom is 0.228 e. The Morgan fingerprint density at radius 1 is 1.27 bits per heavy atom. The van der Waals surface area contributed by atoms with Gasteiger partial charge in [0.2, 0.25) is 10.0 Å². The van der Waals surface area contributed by atoms with Gasteiger partial charge in [-0.3, -0.25) is 0 Å². The summed E-state index contributed by atoms with van der Waals surface area (Å²) < 4.78 is 35.0. The number of nitriles is 1. The molecule has 88 valence electrons. The minimum Gasteiger partial charge on any atom is -0.354 e. The molecule has 2 unspecified atom stereocenters. The van der Waals surface area contributed by atoms with Crippen LogP contribution in [0.1, 0.15) is 13.8 Å². The molecule has 1 N–H and O–H groups in total. The standard InChI is InChI=1S/C8H16N2O4S/c1-6(5-9)15(11,12)10-7(2)8(13-3)14-4/h6-8,10H,1-4H3. The van der Waals surface area contributed by atoms with Crippen LogP contribution in [-0.4, -0.2) is 40.2 Å². The molecule has 0 aliphatic heterocycles. The quantitative estimate of drug-likeness (QED) is 0.646. The van der Waals surface area contributed by atoms with Crippen molar-refractivity contribution in [3.63, 3.8) is 0 Å². The van der Waals surface area contributed by atoms with Crippen LogP contribution in [-0.2, 0) is 19.5 Å². The van der Waals surface area contributed by atoms with Gasteiger partial charge in [-0.25, -0.2) is 13.1 Å². The van der Waals surface area contributed by atoms with Gasteiger partial charge in [0.25, 0.3) is 0 Å². The molecule has 0 aliphatic rings. The zero-order valence-corrected chi connectivity index (χ0v) is 10.0. The number of hydrogen-bond acceptors (Lipinski definition) is 5. The van der Waals surface area contributed by atoms with Crippen molar-refractivity contribution in [2.45, 2.75) is 31.4 Å². The molecule has 7 heteroatoms. The summed E-state index contributed by atoms with van der Waals surface area (Å²) in [7, 11) is -0.827. The predicted molar refractivity (Wildman–Crippen MR) is 54.4 cm³/mol. The second-order valence-electron chi connectivity index (χ2n) is 3.06. The van der Waals surface area contributed by atoms with Crippen LogP contribution < -0.4 is 4.72 Å². The molecule has 2 atom stereocenters. The van der Waals surface area contributed by atoms with Crippen LogP contribution >= 0.6 is 0 Å². The first kappa shape index (κ1) is 14.3. The predicted octanol–water partition coefficient (Wildman–Crippen LogP) is -0.175. The van der Waals surface area contributed by atoms with E-state index in [9.17, 15) is 8.42 Å². The molecule has 0 radical (unpaired) electrons. The van der Waals surface area contributed by atoms with E-state index < -0.39 is 27.6 Å². The van der Waals surface area contributed by atoms with Crippen LogP contribution in [0.5, 0.6) is 0 Å². The third-order valence-corrected chi connectivity index (χ3v) is 3.61. The van der Waals surface area contributed by atoms with Crippen molar-refractivity contribution in [2.75, 3.05) is 14.2 Å². The lowest BCUT2D eigenvalue weighted by atomic mass is 10.3. The van der Waals surface area contributed by atoms with E-state index in [1.54, 1.807) is 13.0 Å². The van der Waals surface area contributed by atoms with Crippen LogP contribution in [0.2, 0.25) is 0 Å². The van der Waals surface area contributed by atoms with Crippen molar-refractivity contribution in [3.05, 3.63) is 0 Å². The molecule has 0 aromatic rings. The minimum atomic E-state index is -3.65. The second kappa shape index (κ2) is 6.02. The normalized spacial score (nSPS) is 16.0. The Labute approximate surface area is 90.2 Å². The van der Waals surface area contributed by atoms with Crippen molar-refractivity contribution >= 4 is 10.0 Å². The summed E-state index contributed by atoms with van der Waals surface area (Å²) in [6, 6.07) is 1.10. The number of nitrogens with one attached hydrogen (secondary N) is 1. The number of sulfonamides is 1. The van der Waals surface area contributed by atoms with Crippen LogP contribution in [0.4, 0.5) is 0 Å². The highest BCUT2D eigenvalue weighted by Crippen LogP contribution is 2.04. The summed E-state index contributed by atoms with van der Waals surface area (Å²) in [5.74, 6) is 0. The van der Waals surface area contributed by atoms with Gasteiger partial charge in [-0.15, -0.1) is 0 Å². The van der Waals surface area contributed by atoms with E-state index in [4.69, 9.17) is 14.7 Å². The molecular weight excluding hydrogens is 220 g/mol. The lowest BCUT2D eigenvalue weighted by Gasteiger charge is -2.22. The largest absolute Gasteiger partial charge is 0.354 e. The van der Waals surface area contributed by atoms with Crippen molar-refractivity contribution < 1.29 is 17.9 Å². The minimum absolute atomic E-state index is 0.555. The SMILES string of the molecule is COC(OC)C(C)NS(=O)(=O)C(C)C#N. The van der Waals surface area contributed by atoms with Crippen molar-refractivity contribution in [2.24, 2.45) is 0 Å². The fraction of sp³-hybridized carbons (Fsp3) is 0.875. The highest BCUT2D eigenvalue weighted by atomic mass is 32.2. The molecule has 0 aromatic heterocycles. The lowest BCUT2D eigenvalue weighted by molar-refractivity contribution is -0.115. The fourth-order valence-electron chi connectivity index (χ4n) is 0.991. The molecular formula is C8H16N2O4S. The molecule has 0 saturated heterocycles. The maximum atomic E-state index is 11.5. The number of hydrogen-bond donors (Lipinski definition) is 1. The number of ether oxygens (including phenoxy) is 2. The summed E-state index contributed by atoms with van der Waals surface area (Å²) >= 11 is 0. The summed E-state index contributed by atoms with van der Waals surface area (Å²) in [6.07, 6.45) is -0.675. The van der Waals surface area contributed by atoms with E-state index in [1.807, 2.05) is 0 Å². The molecule has 0 amide bonds. The maximum absolute atomic E-state index is 11.5. The summed E-state index contributed by atoms with van der Waals surface area (Å²) in [5.41, 5.74) is 0. The summed E-state index contributed by atoms with van der Waals surface area (Å²) in [4.78, 5) is 0. The van der Waals surface area contributed by atoms with Crippen LogP contribution in [0.25, 0.3) is 0 Å². The third kappa shape index (κ3) is 4.13. The van der Waals surface area contributed by atoms with Gasteiger partial charge in [-0.2, -0.15) is 5.26 Å². The topological polar surface area (TPSA) is 88.4 Å². The number of nitrogens with zero attached hydrogens (tertiary/aromatic N) is 1. The molecule has 0 rings (SSSR count). The molecule has 0 heterocycles. The van der Waals surface area contributed by atoms with E-state index in [-0.39, 0.29) is 0 Å². The Kier molecular flexibility index (Phi) is 5.75. The van der Waals surface area contributed by atoms with E-state index in [0.717, 1.165) is 0 Å². The molecule has 0 saturated carbocycles. The van der Waals surface area contributed by atoms with Gasteiger partial charge >= 0.3 is 0 Å². The van der Waals surface area contributed by atoms with Gasteiger partial charge in [0.1, 0.15) is 0 Å². The van der Waals surface area contributed by atoms with Crippen molar-refractivity contribution in [1.82, 2.24) is 4.72 Å². The smallest absolute Gasteiger partial charge is 0.228 e. The zero-order valence-electron chi connectivity index (χ0n) is 9.22. The Morgan fingerprint density at radius 2 is 1.73 bits per heavy atom.